The molecule has 0 saturated heterocycles. The molecule has 1 heterocycles. The zero-order valence-electron chi connectivity index (χ0n) is 8.71. The first-order valence-corrected chi connectivity index (χ1v) is 5.00. The van der Waals surface area contributed by atoms with Crippen LogP contribution >= 0.6 is 0 Å². The monoisotopic (exact) mass is 198 g/mol. The Bertz CT molecular complexity index is 313. The van der Waals surface area contributed by atoms with Gasteiger partial charge in [0.05, 0.1) is 0 Å². The highest BCUT2D eigenvalue weighted by molar-refractivity contribution is 5.24. The summed E-state index contributed by atoms with van der Waals surface area (Å²) in [6.07, 6.45) is 5.30. The average molecular weight is 198 g/mol. The van der Waals surface area contributed by atoms with Gasteiger partial charge in [-0.05, 0) is 6.42 Å². The van der Waals surface area contributed by atoms with Crippen molar-refractivity contribution >= 4 is 5.88 Å². The molecule has 0 saturated carbocycles. The summed E-state index contributed by atoms with van der Waals surface area (Å²) in [4.78, 5) is 10.8. The van der Waals surface area contributed by atoms with E-state index in [2.05, 4.69) is 12.2 Å². The molecule has 14 heavy (non-hydrogen) atoms. The van der Waals surface area contributed by atoms with Crippen LogP contribution in [0.4, 0.5) is 5.88 Å². The maximum absolute atomic E-state index is 10.8. The maximum Gasteiger partial charge on any atom is 0.520 e. The second-order valence-corrected chi connectivity index (χ2v) is 3.22. The highest BCUT2D eigenvalue weighted by Gasteiger charge is 2.11. The van der Waals surface area contributed by atoms with E-state index < -0.39 is 5.82 Å². The molecule has 1 rings (SSSR count). The van der Waals surface area contributed by atoms with Gasteiger partial charge in [0.25, 0.3) is 5.88 Å². The summed E-state index contributed by atoms with van der Waals surface area (Å²) < 4.78 is 9.60. The second kappa shape index (κ2) is 5.52. The van der Waals surface area contributed by atoms with Gasteiger partial charge in [0.15, 0.2) is 5.76 Å². The van der Waals surface area contributed by atoms with Crippen molar-refractivity contribution in [1.29, 1.82) is 0 Å². The largest absolute Gasteiger partial charge is 0.520 e. The smallest absolute Gasteiger partial charge is 0.393 e. The highest BCUT2D eigenvalue weighted by Crippen LogP contribution is 2.16. The number of aryl methyl sites for hydroxylation is 1. The van der Waals surface area contributed by atoms with Gasteiger partial charge in [-0.3, -0.25) is 5.32 Å². The molecule has 0 aliphatic carbocycles. The predicted octanol–water partition coefficient (Wildman–Crippen LogP) is 2.22. The van der Waals surface area contributed by atoms with Crippen LogP contribution in [0, 0.1) is 0 Å². The minimum atomic E-state index is -0.656. The third-order valence-corrected chi connectivity index (χ3v) is 2.09. The van der Waals surface area contributed by atoms with Crippen LogP contribution in [-0.4, -0.2) is 7.05 Å². The molecule has 0 N–H and O–H groups in total. The predicted molar refractivity (Wildman–Crippen MR) is 52.8 cm³/mol. The average Bonchev–Trinajstić information content (AvgIpc) is 2.54. The maximum atomic E-state index is 10.8. The summed E-state index contributed by atoms with van der Waals surface area (Å²) in [5.74, 6) is 0.260. The minimum Gasteiger partial charge on any atom is -0.393 e. The van der Waals surface area contributed by atoms with Gasteiger partial charge in [0.2, 0.25) is 0 Å². The summed E-state index contributed by atoms with van der Waals surface area (Å²) in [5.41, 5.74) is 0. The van der Waals surface area contributed by atoms with Crippen molar-refractivity contribution in [3.63, 3.8) is 0 Å². The number of rotatable bonds is 6. The molecule has 4 nitrogen and oxygen atoms in total. The summed E-state index contributed by atoms with van der Waals surface area (Å²) in [7, 11) is 1.59. The number of nitrogens with zero attached hydrogens (tertiary/aromatic N) is 1. The lowest BCUT2D eigenvalue weighted by atomic mass is 10.1. The Labute approximate surface area is 83.3 Å². The summed E-state index contributed by atoms with van der Waals surface area (Å²) in [5, 5.41) is 3.83. The van der Waals surface area contributed by atoms with E-state index in [9.17, 15) is 4.79 Å². The molecular weight excluding hydrogens is 182 g/mol. The molecule has 1 radical (unpaired) electrons. The Hall–Kier alpha value is -1.19. The molecule has 1 aromatic heterocycles. The molecule has 1 aromatic rings. The lowest BCUT2D eigenvalue weighted by Crippen LogP contribution is -1.90. The van der Waals surface area contributed by atoms with Crippen molar-refractivity contribution in [2.45, 2.75) is 39.0 Å². The lowest BCUT2D eigenvalue weighted by Gasteiger charge is -1.97. The zero-order valence-corrected chi connectivity index (χ0v) is 8.71. The third-order valence-electron chi connectivity index (χ3n) is 2.09. The summed E-state index contributed by atoms with van der Waals surface area (Å²) in [6.45, 7) is 2.16. The van der Waals surface area contributed by atoms with E-state index in [1.165, 1.54) is 12.8 Å². The minimum absolute atomic E-state index is 0.339. The van der Waals surface area contributed by atoms with Crippen LogP contribution in [0.15, 0.2) is 13.6 Å². The Kier molecular flexibility index (Phi) is 4.29. The first-order valence-electron chi connectivity index (χ1n) is 5.00. The Morgan fingerprint density at radius 3 is 2.64 bits per heavy atom. The van der Waals surface area contributed by atoms with Gasteiger partial charge in [-0.1, -0.05) is 26.2 Å². The van der Waals surface area contributed by atoms with Crippen molar-refractivity contribution in [3.8, 4) is 0 Å². The number of hydrogen-bond donors (Lipinski definition) is 0. The SMILES string of the molecule is CCCCCCc1oc(=O)oc1[N]C. The summed E-state index contributed by atoms with van der Waals surface area (Å²) in [6, 6.07) is 0. The molecule has 0 aliphatic heterocycles. The van der Waals surface area contributed by atoms with Crippen LogP contribution in [0.1, 0.15) is 38.4 Å². The van der Waals surface area contributed by atoms with E-state index in [0.717, 1.165) is 19.3 Å². The van der Waals surface area contributed by atoms with Crippen molar-refractivity contribution in [2.75, 3.05) is 7.05 Å². The molecule has 0 fully saturated rings. The van der Waals surface area contributed by atoms with Gasteiger partial charge >= 0.3 is 5.82 Å². The summed E-state index contributed by atoms with van der Waals surface area (Å²) >= 11 is 0. The van der Waals surface area contributed by atoms with E-state index in [4.69, 9.17) is 8.83 Å². The van der Waals surface area contributed by atoms with Crippen LogP contribution in [0.25, 0.3) is 0 Å². The van der Waals surface area contributed by atoms with Gasteiger partial charge in [0.1, 0.15) is 0 Å². The lowest BCUT2D eigenvalue weighted by molar-refractivity contribution is 0.371. The molecule has 0 aromatic carbocycles. The molecule has 0 bridgehead atoms. The number of unbranched alkanes of at least 4 members (excludes halogenated alkanes) is 3. The van der Waals surface area contributed by atoms with Gasteiger partial charge in [0, 0.05) is 13.5 Å². The fraction of sp³-hybridized carbons (Fsp3) is 0.700. The van der Waals surface area contributed by atoms with Crippen LogP contribution in [0.3, 0.4) is 0 Å². The van der Waals surface area contributed by atoms with E-state index in [1.807, 2.05) is 0 Å². The molecule has 0 spiro atoms. The van der Waals surface area contributed by atoms with Gasteiger partial charge in [-0.2, -0.15) is 0 Å². The number of hydrogen-bond acceptors (Lipinski definition) is 3. The molecule has 0 amide bonds. The fourth-order valence-corrected chi connectivity index (χ4v) is 1.34. The van der Waals surface area contributed by atoms with Gasteiger partial charge < -0.3 is 8.83 Å². The molecule has 79 valence electrons. The standard InChI is InChI=1S/C10H16NO3/c1-3-4-5-6-7-8-9(11-2)14-10(12)13-8/h3-7H2,1-2H3. The normalized spacial score (nSPS) is 10.4. The van der Waals surface area contributed by atoms with Crippen molar-refractivity contribution < 1.29 is 8.83 Å². The third kappa shape index (κ3) is 2.94. The van der Waals surface area contributed by atoms with Crippen LogP contribution in [0.2, 0.25) is 0 Å². The van der Waals surface area contributed by atoms with Crippen LogP contribution in [0.5, 0.6) is 0 Å². The van der Waals surface area contributed by atoms with E-state index in [1.54, 1.807) is 7.05 Å². The molecular formula is C10H16NO3. The van der Waals surface area contributed by atoms with Crippen molar-refractivity contribution in [1.82, 2.24) is 5.32 Å². The first kappa shape index (κ1) is 10.9. The van der Waals surface area contributed by atoms with Crippen molar-refractivity contribution in [3.05, 3.63) is 16.4 Å². The van der Waals surface area contributed by atoms with Crippen LogP contribution in [-0.2, 0) is 6.42 Å². The molecule has 0 unspecified atom stereocenters. The molecule has 0 aliphatic rings. The van der Waals surface area contributed by atoms with E-state index in [0.29, 0.717) is 11.6 Å². The second-order valence-electron chi connectivity index (χ2n) is 3.22. The zero-order chi connectivity index (χ0) is 10.4. The van der Waals surface area contributed by atoms with E-state index >= 15 is 0 Å². The first-order chi connectivity index (χ1) is 6.77. The van der Waals surface area contributed by atoms with Gasteiger partial charge in [-0.15, -0.1) is 0 Å². The molecule has 0 atom stereocenters. The van der Waals surface area contributed by atoms with E-state index in [-0.39, 0.29) is 0 Å². The quantitative estimate of drug-likeness (QED) is 0.658. The Morgan fingerprint density at radius 1 is 1.21 bits per heavy atom. The Morgan fingerprint density at radius 2 is 2.00 bits per heavy atom. The molecule has 4 heteroatoms. The fourth-order valence-electron chi connectivity index (χ4n) is 1.34. The van der Waals surface area contributed by atoms with Crippen molar-refractivity contribution in [2.24, 2.45) is 0 Å². The Balaban J connectivity index is 2.45. The van der Waals surface area contributed by atoms with Crippen LogP contribution < -0.4 is 11.1 Å². The highest BCUT2D eigenvalue weighted by atomic mass is 16.6. The topological polar surface area (TPSA) is 57.5 Å². The van der Waals surface area contributed by atoms with Gasteiger partial charge in [-0.25, -0.2) is 4.79 Å².